The number of thioether (sulfide) groups is 1. The molecule has 0 amide bonds. The van der Waals surface area contributed by atoms with Gasteiger partial charge in [-0.1, -0.05) is 36.0 Å². The van der Waals surface area contributed by atoms with Crippen LogP contribution in [0, 0.1) is 6.92 Å². The van der Waals surface area contributed by atoms with Gasteiger partial charge in [0.2, 0.25) is 0 Å². The lowest BCUT2D eigenvalue weighted by atomic mass is 10.2. The summed E-state index contributed by atoms with van der Waals surface area (Å²) in [6.45, 7) is 1.91. The average Bonchev–Trinajstić information content (AvgIpc) is 3.22. The fraction of sp³-hybridized carbons (Fsp3) is 0.111. The standard InChI is InChI=1S/C18H13N5S2/c1-11-19-17-12-6-2-3-7-13(12)21-18(23(17)22-11)24-10-16-20-14-8-4-5-9-15(14)25-16/h2-9H,10H2,1H3. The van der Waals surface area contributed by atoms with Gasteiger partial charge in [0.15, 0.2) is 10.8 Å². The zero-order chi connectivity index (χ0) is 16.8. The molecular formula is C18H13N5S2. The van der Waals surface area contributed by atoms with Gasteiger partial charge in [0.05, 0.1) is 21.5 Å². The summed E-state index contributed by atoms with van der Waals surface area (Å²) in [5.74, 6) is 1.51. The van der Waals surface area contributed by atoms with Gasteiger partial charge in [-0.2, -0.15) is 4.52 Å². The summed E-state index contributed by atoms with van der Waals surface area (Å²) in [4.78, 5) is 14.1. The molecule has 0 radical (unpaired) electrons. The maximum atomic E-state index is 4.79. The summed E-state index contributed by atoms with van der Waals surface area (Å²) in [5, 5.41) is 7.47. The van der Waals surface area contributed by atoms with Crippen molar-refractivity contribution in [1.82, 2.24) is 24.6 Å². The Bertz CT molecular complexity index is 1190. The minimum atomic E-state index is 0.750. The first-order chi connectivity index (χ1) is 12.3. The van der Waals surface area contributed by atoms with Crippen LogP contribution in [-0.2, 0) is 5.75 Å². The Balaban J connectivity index is 1.57. The lowest BCUT2D eigenvalue weighted by Crippen LogP contribution is -1.98. The first kappa shape index (κ1) is 14.8. The summed E-state index contributed by atoms with van der Waals surface area (Å²) in [7, 11) is 0. The number of aromatic nitrogens is 5. The third kappa shape index (κ3) is 2.56. The van der Waals surface area contributed by atoms with E-state index in [-0.39, 0.29) is 0 Å². The first-order valence-corrected chi connectivity index (χ1v) is 9.67. The predicted molar refractivity (Wildman–Crippen MR) is 102 cm³/mol. The van der Waals surface area contributed by atoms with E-state index in [1.807, 2.05) is 53.9 Å². The molecule has 3 aromatic heterocycles. The number of aryl methyl sites for hydroxylation is 1. The molecule has 0 aliphatic rings. The Morgan fingerprint density at radius 2 is 1.76 bits per heavy atom. The fourth-order valence-corrected chi connectivity index (χ4v) is 4.74. The number of thiazole rings is 1. The van der Waals surface area contributed by atoms with Gasteiger partial charge in [0.1, 0.15) is 10.8 Å². The van der Waals surface area contributed by atoms with Crippen molar-refractivity contribution in [3.63, 3.8) is 0 Å². The second-order valence-electron chi connectivity index (χ2n) is 5.67. The first-order valence-electron chi connectivity index (χ1n) is 7.87. The van der Waals surface area contributed by atoms with Gasteiger partial charge in [0.25, 0.3) is 0 Å². The minimum Gasteiger partial charge on any atom is -0.240 e. The molecular weight excluding hydrogens is 350 g/mol. The van der Waals surface area contributed by atoms with E-state index in [0.29, 0.717) is 0 Å². The van der Waals surface area contributed by atoms with Crippen LogP contribution in [0.15, 0.2) is 53.7 Å². The lowest BCUT2D eigenvalue weighted by Gasteiger charge is -2.05. The molecule has 0 unspecified atom stereocenters. The van der Waals surface area contributed by atoms with Gasteiger partial charge in [-0.05, 0) is 31.2 Å². The number of fused-ring (bicyclic) bond motifs is 4. The van der Waals surface area contributed by atoms with E-state index < -0.39 is 0 Å². The van der Waals surface area contributed by atoms with Crippen LogP contribution < -0.4 is 0 Å². The molecule has 122 valence electrons. The van der Waals surface area contributed by atoms with Crippen molar-refractivity contribution < 1.29 is 0 Å². The van der Waals surface area contributed by atoms with Crippen molar-refractivity contribution in [3.8, 4) is 0 Å². The molecule has 5 rings (SSSR count). The summed E-state index contributed by atoms with van der Waals surface area (Å²) >= 11 is 3.37. The summed E-state index contributed by atoms with van der Waals surface area (Å²) in [6, 6.07) is 16.3. The minimum absolute atomic E-state index is 0.750. The third-order valence-electron chi connectivity index (χ3n) is 3.92. The zero-order valence-electron chi connectivity index (χ0n) is 13.4. The van der Waals surface area contributed by atoms with E-state index in [9.17, 15) is 0 Å². The zero-order valence-corrected chi connectivity index (χ0v) is 15.0. The Morgan fingerprint density at radius 1 is 0.960 bits per heavy atom. The van der Waals surface area contributed by atoms with Crippen molar-refractivity contribution in [1.29, 1.82) is 0 Å². The highest BCUT2D eigenvalue weighted by molar-refractivity contribution is 7.98. The fourth-order valence-electron chi connectivity index (χ4n) is 2.83. The average molecular weight is 363 g/mol. The van der Waals surface area contributed by atoms with Crippen LogP contribution in [0.5, 0.6) is 0 Å². The second-order valence-corrected chi connectivity index (χ2v) is 7.73. The van der Waals surface area contributed by atoms with Crippen molar-refractivity contribution in [2.75, 3.05) is 0 Å². The van der Waals surface area contributed by atoms with Crippen LogP contribution in [0.4, 0.5) is 0 Å². The quantitative estimate of drug-likeness (QED) is 0.349. The molecule has 0 fully saturated rings. The normalized spacial score (nSPS) is 11.7. The molecule has 0 N–H and O–H groups in total. The molecule has 3 heterocycles. The SMILES string of the molecule is Cc1nc2c3ccccc3nc(SCc3nc4ccccc4s3)n2n1. The lowest BCUT2D eigenvalue weighted by molar-refractivity contribution is 0.797. The van der Waals surface area contributed by atoms with Crippen molar-refractivity contribution in [3.05, 3.63) is 59.4 Å². The van der Waals surface area contributed by atoms with Gasteiger partial charge in [-0.3, -0.25) is 0 Å². The van der Waals surface area contributed by atoms with Crippen LogP contribution in [-0.4, -0.2) is 24.6 Å². The molecule has 0 saturated carbocycles. The molecule has 0 saturated heterocycles. The van der Waals surface area contributed by atoms with Crippen LogP contribution in [0.1, 0.15) is 10.8 Å². The molecule has 2 aromatic carbocycles. The highest BCUT2D eigenvalue weighted by atomic mass is 32.2. The molecule has 5 aromatic rings. The maximum absolute atomic E-state index is 4.79. The monoisotopic (exact) mass is 363 g/mol. The van der Waals surface area contributed by atoms with Gasteiger partial charge < -0.3 is 0 Å². The molecule has 5 nitrogen and oxygen atoms in total. The number of benzene rings is 2. The van der Waals surface area contributed by atoms with Crippen LogP contribution >= 0.6 is 23.1 Å². The van der Waals surface area contributed by atoms with E-state index in [2.05, 4.69) is 16.1 Å². The number of hydrogen-bond donors (Lipinski definition) is 0. The van der Waals surface area contributed by atoms with Crippen molar-refractivity contribution in [2.24, 2.45) is 0 Å². The topological polar surface area (TPSA) is 56.0 Å². The Hall–Kier alpha value is -2.51. The van der Waals surface area contributed by atoms with Crippen LogP contribution in [0.3, 0.4) is 0 Å². The molecule has 0 bridgehead atoms. The highest BCUT2D eigenvalue weighted by Crippen LogP contribution is 2.29. The molecule has 0 atom stereocenters. The van der Waals surface area contributed by atoms with E-state index in [1.54, 1.807) is 23.1 Å². The second kappa shape index (κ2) is 5.79. The van der Waals surface area contributed by atoms with Gasteiger partial charge in [-0.25, -0.2) is 15.0 Å². The smallest absolute Gasteiger partial charge is 0.191 e. The molecule has 7 heteroatoms. The summed E-state index contributed by atoms with van der Waals surface area (Å²) in [6.07, 6.45) is 0. The Labute approximate surface area is 151 Å². The molecule has 0 aliphatic heterocycles. The van der Waals surface area contributed by atoms with E-state index in [4.69, 9.17) is 9.97 Å². The van der Waals surface area contributed by atoms with Crippen LogP contribution in [0.25, 0.3) is 26.8 Å². The summed E-state index contributed by atoms with van der Waals surface area (Å²) < 4.78 is 3.06. The maximum Gasteiger partial charge on any atom is 0.191 e. The number of hydrogen-bond acceptors (Lipinski definition) is 6. The van der Waals surface area contributed by atoms with Crippen LogP contribution in [0.2, 0.25) is 0 Å². The van der Waals surface area contributed by atoms with E-state index in [0.717, 1.165) is 43.8 Å². The van der Waals surface area contributed by atoms with Crippen molar-refractivity contribution in [2.45, 2.75) is 17.8 Å². The molecule has 25 heavy (non-hydrogen) atoms. The Kier molecular flexibility index (Phi) is 3.43. The molecule has 0 aliphatic carbocycles. The van der Waals surface area contributed by atoms with Crippen molar-refractivity contribution >= 4 is 49.9 Å². The van der Waals surface area contributed by atoms with Gasteiger partial charge in [-0.15, -0.1) is 16.4 Å². The summed E-state index contributed by atoms with van der Waals surface area (Å²) in [5.41, 5.74) is 2.85. The Morgan fingerprint density at radius 3 is 2.64 bits per heavy atom. The third-order valence-corrected chi connectivity index (χ3v) is 6.08. The number of rotatable bonds is 3. The molecule has 0 spiro atoms. The van der Waals surface area contributed by atoms with Gasteiger partial charge in [0, 0.05) is 5.39 Å². The highest BCUT2D eigenvalue weighted by Gasteiger charge is 2.13. The predicted octanol–water partition coefficient (Wildman–Crippen LogP) is 4.49. The van der Waals surface area contributed by atoms with Gasteiger partial charge >= 0.3 is 0 Å². The number of nitrogens with zero attached hydrogens (tertiary/aromatic N) is 5. The largest absolute Gasteiger partial charge is 0.240 e. The number of para-hydroxylation sites is 2. The van der Waals surface area contributed by atoms with E-state index in [1.165, 1.54) is 4.70 Å². The van der Waals surface area contributed by atoms with E-state index >= 15 is 0 Å².